The molecular formula is C11H22FNO. The second-order valence-corrected chi connectivity index (χ2v) is 4.39. The molecular weight excluding hydrogens is 181 g/mol. The molecule has 3 unspecified atom stereocenters. The van der Waals surface area contributed by atoms with Crippen molar-refractivity contribution in [1.29, 1.82) is 0 Å². The molecule has 1 rings (SSSR count). The summed E-state index contributed by atoms with van der Waals surface area (Å²) in [5.74, 6) is 0.432. The van der Waals surface area contributed by atoms with Crippen LogP contribution in [0.5, 0.6) is 0 Å². The van der Waals surface area contributed by atoms with Crippen LogP contribution in [0.3, 0.4) is 0 Å². The SMILES string of the molecule is CCOCC1CCC(N(C)C)C(F)C1. The highest BCUT2D eigenvalue weighted by atomic mass is 19.1. The van der Waals surface area contributed by atoms with Gasteiger partial charge in [-0.05, 0) is 46.2 Å². The van der Waals surface area contributed by atoms with Crippen LogP contribution >= 0.6 is 0 Å². The molecule has 0 aromatic rings. The maximum Gasteiger partial charge on any atom is 0.116 e. The van der Waals surface area contributed by atoms with E-state index in [-0.39, 0.29) is 6.04 Å². The van der Waals surface area contributed by atoms with E-state index in [9.17, 15) is 4.39 Å². The van der Waals surface area contributed by atoms with Crippen molar-refractivity contribution in [3.8, 4) is 0 Å². The Labute approximate surface area is 86.4 Å². The highest BCUT2D eigenvalue weighted by Crippen LogP contribution is 2.29. The van der Waals surface area contributed by atoms with E-state index in [0.717, 1.165) is 26.1 Å². The number of alkyl halides is 1. The zero-order valence-corrected chi connectivity index (χ0v) is 9.50. The van der Waals surface area contributed by atoms with Crippen molar-refractivity contribution < 1.29 is 9.13 Å². The molecule has 1 aliphatic carbocycles. The van der Waals surface area contributed by atoms with Crippen molar-refractivity contribution in [2.45, 2.75) is 38.4 Å². The van der Waals surface area contributed by atoms with E-state index >= 15 is 0 Å². The Bertz CT molecular complexity index is 163. The van der Waals surface area contributed by atoms with E-state index in [1.54, 1.807) is 0 Å². The predicted molar refractivity (Wildman–Crippen MR) is 56.2 cm³/mol. The van der Waals surface area contributed by atoms with Gasteiger partial charge in [-0.1, -0.05) is 0 Å². The molecule has 0 bridgehead atoms. The molecule has 3 atom stereocenters. The van der Waals surface area contributed by atoms with Crippen molar-refractivity contribution in [2.24, 2.45) is 5.92 Å². The van der Waals surface area contributed by atoms with Gasteiger partial charge in [0.25, 0.3) is 0 Å². The molecule has 3 heteroatoms. The van der Waals surface area contributed by atoms with E-state index in [4.69, 9.17) is 4.74 Å². The van der Waals surface area contributed by atoms with Crippen LogP contribution in [0.4, 0.5) is 4.39 Å². The molecule has 0 aliphatic heterocycles. The maximum absolute atomic E-state index is 13.7. The molecule has 0 radical (unpaired) electrons. The molecule has 1 fully saturated rings. The summed E-state index contributed by atoms with van der Waals surface area (Å²) in [6.07, 6.45) is 2.06. The second kappa shape index (κ2) is 5.66. The van der Waals surface area contributed by atoms with Gasteiger partial charge in [0.2, 0.25) is 0 Å². The third-order valence-corrected chi connectivity index (χ3v) is 3.07. The van der Waals surface area contributed by atoms with Gasteiger partial charge in [0.15, 0.2) is 0 Å². The minimum absolute atomic E-state index is 0.118. The van der Waals surface area contributed by atoms with E-state index in [1.807, 2.05) is 25.9 Å². The van der Waals surface area contributed by atoms with Crippen molar-refractivity contribution in [2.75, 3.05) is 27.3 Å². The van der Waals surface area contributed by atoms with Crippen LogP contribution in [0.1, 0.15) is 26.2 Å². The Morgan fingerprint density at radius 2 is 2.07 bits per heavy atom. The smallest absolute Gasteiger partial charge is 0.116 e. The number of hydrogen-bond acceptors (Lipinski definition) is 2. The lowest BCUT2D eigenvalue weighted by Crippen LogP contribution is -2.42. The first-order chi connectivity index (χ1) is 6.65. The quantitative estimate of drug-likeness (QED) is 0.693. The zero-order valence-electron chi connectivity index (χ0n) is 9.50. The molecule has 1 aliphatic rings. The molecule has 0 amide bonds. The average molecular weight is 203 g/mol. The summed E-state index contributed by atoms with van der Waals surface area (Å²) < 4.78 is 19.0. The van der Waals surface area contributed by atoms with Gasteiger partial charge < -0.3 is 9.64 Å². The van der Waals surface area contributed by atoms with E-state index in [1.165, 1.54) is 0 Å². The van der Waals surface area contributed by atoms with Gasteiger partial charge in [-0.3, -0.25) is 0 Å². The molecule has 14 heavy (non-hydrogen) atoms. The summed E-state index contributed by atoms with van der Waals surface area (Å²) in [6.45, 7) is 3.46. The largest absolute Gasteiger partial charge is 0.381 e. The third kappa shape index (κ3) is 3.21. The number of halogens is 1. The van der Waals surface area contributed by atoms with Crippen LogP contribution in [-0.2, 0) is 4.74 Å². The Morgan fingerprint density at radius 3 is 2.57 bits per heavy atom. The van der Waals surface area contributed by atoms with Gasteiger partial charge in [0, 0.05) is 19.3 Å². The fraction of sp³-hybridized carbons (Fsp3) is 1.00. The standard InChI is InChI=1S/C11H22FNO/c1-4-14-8-9-5-6-11(13(2)3)10(12)7-9/h9-11H,4-8H2,1-3H3. The molecule has 2 nitrogen and oxygen atoms in total. The summed E-state index contributed by atoms with van der Waals surface area (Å²) in [4.78, 5) is 2.00. The molecule has 0 aromatic carbocycles. The lowest BCUT2D eigenvalue weighted by molar-refractivity contribution is 0.0385. The van der Waals surface area contributed by atoms with Gasteiger partial charge >= 0.3 is 0 Å². The van der Waals surface area contributed by atoms with Gasteiger partial charge in [-0.2, -0.15) is 0 Å². The summed E-state index contributed by atoms with van der Waals surface area (Å²) in [5, 5.41) is 0. The van der Waals surface area contributed by atoms with E-state index < -0.39 is 6.17 Å². The Hall–Kier alpha value is -0.150. The monoisotopic (exact) mass is 203 g/mol. The fourth-order valence-corrected chi connectivity index (χ4v) is 2.20. The van der Waals surface area contributed by atoms with Crippen LogP contribution in [0.2, 0.25) is 0 Å². The predicted octanol–water partition coefficient (Wildman–Crippen LogP) is 2.09. The molecule has 0 saturated heterocycles. The van der Waals surface area contributed by atoms with Crippen LogP contribution in [0, 0.1) is 5.92 Å². The minimum atomic E-state index is -0.677. The van der Waals surface area contributed by atoms with E-state index in [2.05, 4.69) is 0 Å². The molecule has 0 heterocycles. The summed E-state index contributed by atoms with van der Waals surface area (Å²) in [6, 6.07) is 0.118. The van der Waals surface area contributed by atoms with Crippen molar-refractivity contribution in [1.82, 2.24) is 4.90 Å². The third-order valence-electron chi connectivity index (χ3n) is 3.07. The first kappa shape index (κ1) is 11.9. The maximum atomic E-state index is 13.7. The van der Waals surface area contributed by atoms with E-state index in [0.29, 0.717) is 12.3 Å². The first-order valence-electron chi connectivity index (χ1n) is 5.53. The van der Waals surface area contributed by atoms with Crippen molar-refractivity contribution >= 4 is 0 Å². The summed E-state index contributed by atoms with van der Waals surface area (Å²) in [5.41, 5.74) is 0. The molecule has 0 aromatic heterocycles. The topological polar surface area (TPSA) is 12.5 Å². The van der Waals surface area contributed by atoms with Gasteiger partial charge in [0.05, 0.1) is 0 Å². The summed E-state index contributed by atoms with van der Waals surface area (Å²) in [7, 11) is 3.92. The van der Waals surface area contributed by atoms with Crippen LogP contribution in [0.25, 0.3) is 0 Å². The Morgan fingerprint density at radius 1 is 1.36 bits per heavy atom. The minimum Gasteiger partial charge on any atom is -0.381 e. The van der Waals surface area contributed by atoms with Crippen LogP contribution in [0.15, 0.2) is 0 Å². The summed E-state index contributed by atoms with van der Waals surface area (Å²) >= 11 is 0. The highest BCUT2D eigenvalue weighted by molar-refractivity contribution is 4.84. The first-order valence-corrected chi connectivity index (χ1v) is 5.53. The van der Waals surface area contributed by atoms with Gasteiger partial charge in [-0.15, -0.1) is 0 Å². The zero-order chi connectivity index (χ0) is 10.6. The lowest BCUT2D eigenvalue weighted by atomic mass is 9.84. The number of rotatable bonds is 4. The molecule has 1 saturated carbocycles. The Kier molecular flexibility index (Phi) is 4.82. The average Bonchev–Trinajstić information content (AvgIpc) is 2.14. The van der Waals surface area contributed by atoms with Crippen LogP contribution < -0.4 is 0 Å². The van der Waals surface area contributed by atoms with Crippen molar-refractivity contribution in [3.63, 3.8) is 0 Å². The molecule has 84 valence electrons. The number of ether oxygens (including phenoxy) is 1. The fourth-order valence-electron chi connectivity index (χ4n) is 2.20. The Balaban J connectivity index is 2.31. The molecule has 0 N–H and O–H groups in total. The van der Waals surface area contributed by atoms with Gasteiger partial charge in [0.1, 0.15) is 6.17 Å². The van der Waals surface area contributed by atoms with Crippen LogP contribution in [-0.4, -0.2) is 44.4 Å². The highest BCUT2D eigenvalue weighted by Gasteiger charge is 2.31. The number of nitrogens with zero attached hydrogens (tertiary/aromatic N) is 1. The number of hydrogen-bond donors (Lipinski definition) is 0. The normalized spacial score (nSPS) is 33.6. The van der Waals surface area contributed by atoms with Crippen molar-refractivity contribution in [3.05, 3.63) is 0 Å². The molecule has 0 spiro atoms. The second-order valence-electron chi connectivity index (χ2n) is 4.39. The lowest BCUT2D eigenvalue weighted by Gasteiger charge is -2.35. The van der Waals surface area contributed by atoms with Gasteiger partial charge in [-0.25, -0.2) is 4.39 Å².